The second-order valence-electron chi connectivity index (χ2n) is 3.19. The Kier molecular flexibility index (Phi) is 3.57. The Labute approximate surface area is 91.6 Å². The molecule has 0 aliphatic carbocycles. The number of carbonyl (C=O) groups is 1. The molecule has 1 aromatic carbocycles. The van der Waals surface area contributed by atoms with Crippen LogP contribution in [-0.4, -0.2) is 23.1 Å². The number of hydrogen-bond donors (Lipinski definition) is 1. The van der Waals surface area contributed by atoms with E-state index in [-0.39, 0.29) is 17.9 Å². The molecule has 86 valence electrons. The fourth-order valence-electron chi connectivity index (χ4n) is 1.35. The molecule has 0 aliphatic rings. The standard InChI is InChI=1S/C10H11NO5/c1-6-8(5-12)3-7(10(13)16-2)4-9(6)11(14)15/h3-4,12H,5H2,1-2H3. The van der Waals surface area contributed by atoms with Gasteiger partial charge in [-0.2, -0.15) is 0 Å². The van der Waals surface area contributed by atoms with Crippen molar-refractivity contribution in [2.75, 3.05) is 7.11 Å². The molecule has 0 bridgehead atoms. The summed E-state index contributed by atoms with van der Waals surface area (Å²) in [5.41, 5.74) is 0.547. The number of methoxy groups -OCH3 is 1. The molecule has 0 saturated heterocycles. The number of esters is 1. The van der Waals surface area contributed by atoms with Crippen LogP contribution < -0.4 is 0 Å². The largest absolute Gasteiger partial charge is 0.465 e. The first-order valence-electron chi connectivity index (χ1n) is 4.48. The van der Waals surface area contributed by atoms with Gasteiger partial charge >= 0.3 is 5.97 Å². The van der Waals surface area contributed by atoms with Gasteiger partial charge in [0.2, 0.25) is 0 Å². The summed E-state index contributed by atoms with van der Waals surface area (Å²) in [6.45, 7) is 1.16. The maximum atomic E-state index is 11.2. The maximum Gasteiger partial charge on any atom is 0.338 e. The van der Waals surface area contributed by atoms with Gasteiger partial charge < -0.3 is 9.84 Å². The van der Waals surface area contributed by atoms with Crippen LogP contribution in [0, 0.1) is 17.0 Å². The van der Waals surface area contributed by atoms with E-state index in [0.29, 0.717) is 11.1 Å². The Balaban J connectivity index is 3.40. The normalized spacial score (nSPS) is 9.94. The summed E-state index contributed by atoms with van der Waals surface area (Å²) in [7, 11) is 1.19. The smallest absolute Gasteiger partial charge is 0.338 e. The lowest BCUT2D eigenvalue weighted by Gasteiger charge is -2.06. The summed E-state index contributed by atoms with van der Waals surface area (Å²) in [6, 6.07) is 2.52. The van der Waals surface area contributed by atoms with Gasteiger partial charge in [-0.25, -0.2) is 4.79 Å². The molecule has 1 aromatic rings. The van der Waals surface area contributed by atoms with Crippen LogP contribution in [0.2, 0.25) is 0 Å². The lowest BCUT2D eigenvalue weighted by Crippen LogP contribution is -2.05. The third-order valence-corrected chi connectivity index (χ3v) is 2.28. The summed E-state index contributed by atoms with van der Waals surface area (Å²) < 4.78 is 4.47. The molecule has 0 aromatic heterocycles. The SMILES string of the molecule is COC(=O)c1cc(CO)c(C)c([N+](=O)[O-])c1. The Morgan fingerprint density at radius 1 is 1.56 bits per heavy atom. The highest BCUT2D eigenvalue weighted by Gasteiger charge is 2.18. The number of rotatable bonds is 3. The van der Waals surface area contributed by atoms with Crippen molar-refractivity contribution < 1.29 is 19.6 Å². The van der Waals surface area contributed by atoms with Gasteiger partial charge in [0.15, 0.2) is 0 Å². The first-order chi connectivity index (χ1) is 7.51. The van der Waals surface area contributed by atoms with Gasteiger partial charge in [-0.1, -0.05) is 0 Å². The molecular weight excluding hydrogens is 214 g/mol. The van der Waals surface area contributed by atoms with Crippen LogP contribution in [0.5, 0.6) is 0 Å². The van der Waals surface area contributed by atoms with Gasteiger partial charge in [0.1, 0.15) is 0 Å². The number of benzene rings is 1. The highest BCUT2D eigenvalue weighted by Crippen LogP contribution is 2.24. The molecule has 16 heavy (non-hydrogen) atoms. The average molecular weight is 225 g/mol. The molecule has 0 amide bonds. The third-order valence-electron chi connectivity index (χ3n) is 2.28. The molecule has 1 N–H and O–H groups in total. The molecule has 0 fully saturated rings. The van der Waals surface area contributed by atoms with Crippen molar-refractivity contribution in [3.05, 3.63) is 38.9 Å². The molecule has 0 spiro atoms. The number of aliphatic hydroxyl groups is 1. The van der Waals surface area contributed by atoms with E-state index in [1.165, 1.54) is 20.1 Å². The van der Waals surface area contributed by atoms with E-state index in [9.17, 15) is 14.9 Å². The lowest BCUT2D eigenvalue weighted by atomic mass is 10.0. The van der Waals surface area contributed by atoms with E-state index in [1.807, 2.05) is 0 Å². The van der Waals surface area contributed by atoms with Gasteiger partial charge in [-0.15, -0.1) is 0 Å². The lowest BCUT2D eigenvalue weighted by molar-refractivity contribution is -0.385. The van der Waals surface area contributed by atoms with Crippen LogP contribution in [0.25, 0.3) is 0 Å². The van der Waals surface area contributed by atoms with Gasteiger partial charge in [0.25, 0.3) is 5.69 Å². The van der Waals surface area contributed by atoms with Crippen molar-refractivity contribution in [2.24, 2.45) is 0 Å². The first-order valence-corrected chi connectivity index (χ1v) is 4.48. The Hall–Kier alpha value is -1.95. The van der Waals surface area contributed by atoms with Crippen LogP contribution in [0.4, 0.5) is 5.69 Å². The zero-order valence-electron chi connectivity index (χ0n) is 8.89. The van der Waals surface area contributed by atoms with Crippen molar-refractivity contribution >= 4 is 11.7 Å². The topological polar surface area (TPSA) is 89.7 Å². The quantitative estimate of drug-likeness (QED) is 0.474. The van der Waals surface area contributed by atoms with Crippen LogP contribution >= 0.6 is 0 Å². The zero-order valence-corrected chi connectivity index (χ0v) is 8.89. The van der Waals surface area contributed by atoms with Crippen molar-refractivity contribution in [3.63, 3.8) is 0 Å². The van der Waals surface area contributed by atoms with Gasteiger partial charge in [0, 0.05) is 11.6 Å². The Morgan fingerprint density at radius 3 is 2.62 bits per heavy atom. The van der Waals surface area contributed by atoms with Crippen molar-refractivity contribution in [1.82, 2.24) is 0 Å². The number of hydrogen-bond acceptors (Lipinski definition) is 5. The van der Waals surface area contributed by atoms with E-state index in [0.717, 1.165) is 6.07 Å². The van der Waals surface area contributed by atoms with Crippen LogP contribution in [0.1, 0.15) is 21.5 Å². The summed E-state index contributed by atoms with van der Waals surface area (Å²) in [6.07, 6.45) is 0. The highest BCUT2D eigenvalue weighted by molar-refractivity contribution is 5.90. The predicted molar refractivity (Wildman–Crippen MR) is 55.1 cm³/mol. The minimum atomic E-state index is -0.669. The summed E-state index contributed by atoms with van der Waals surface area (Å²) in [5, 5.41) is 19.8. The fraction of sp³-hybridized carbons (Fsp3) is 0.300. The Morgan fingerprint density at radius 2 is 2.19 bits per heavy atom. The molecular formula is C10H11NO5. The van der Waals surface area contributed by atoms with E-state index in [1.54, 1.807) is 0 Å². The predicted octanol–water partition coefficient (Wildman–Crippen LogP) is 1.18. The fourth-order valence-corrected chi connectivity index (χ4v) is 1.35. The monoisotopic (exact) mass is 225 g/mol. The van der Waals surface area contributed by atoms with Gasteiger partial charge in [-0.3, -0.25) is 10.1 Å². The van der Waals surface area contributed by atoms with E-state index < -0.39 is 10.9 Å². The summed E-state index contributed by atoms with van der Waals surface area (Å²) in [5.74, 6) is -0.669. The van der Waals surface area contributed by atoms with Crippen molar-refractivity contribution in [3.8, 4) is 0 Å². The first kappa shape index (κ1) is 12.1. The third kappa shape index (κ3) is 2.17. The number of carbonyl (C=O) groups excluding carboxylic acids is 1. The number of ether oxygens (including phenoxy) is 1. The molecule has 6 heteroatoms. The van der Waals surface area contributed by atoms with E-state index >= 15 is 0 Å². The summed E-state index contributed by atoms with van der Waals surface area (Å²) >= 11 is 0. The Bertz CT molecular complexity index is 441. The molecule has 0 unspecified atom stereocenters. The van der Waals surface area contributed by atoms with Crippen molar-refractivity contribution in [2.45, 2.75) is 13.5 Å². The highest BCUT2D eigenvalue weighted by atomic mass is 16.6. The van der Waals surface area contributed by atoms with Crippen LogP contribution in [-0.2, 0) is 11.3 Å². The van der Waals surface area contributed by atoms with Gasteiger partial charge in [-0.05, 0) is 18.6 Å². The molecule has 0 atom stereocenters. The minimum absolute atomic E-state index is 0.0591. The number of nitro groups is 1. The van der Waals surface area contributed by atoms with Gasteiger partial charge in [0.05, 0.1) is 24.2 Å². The molecule has 0 radical (unpaired) electrons. The molecule has 6 nitrogen and oxygen atoms in total. The molecule has 0 saturated carbocycles. The molecule has 0 heterocycles. The number of aliphatic hydroxyl groups excluding tert-OH is 1. The molecule has 1 rings (SSSR count). The zero-order chi connectivity index (χ0) is 12.3. The molecule has 0 aliphatic heterocycles. The summed E-state index contributed by atoms with van der Waals surface area (Å²) in [4.78, 5) is 21.4. The van der Waals surface area contributed by atoms with Crippen LogP contribution in [0.3, 0.4) is 0 Å². The van der Waals surface area contributed by atoms with E-state index in [4.69, 9.17) is 5.11 Å². The number of nitrogens with zero attached hydrogens (tertiary/aromatic N) is 1. The maximum absolute atomic E-state index is 11.2. The number of nitro benzene ring substituents is 1. The second-order valence-corrected chi connectivity index (χ2v) is 3.19. The van der Waals surface area contributed by atoms with Crippen molar-refractivity contribution in [1.29, 1.82) is 0 Å². The minimum Gasteiger partial charge on any atom is -0.465 e. The van der Waals surface area contributed by atoms with E-state index in [2.05, 4.69) is 4.74 Å². The second kappa shape index (κ2) is 4.71. The van der Waals surface area contributed by atoms with Crippen LogP contribution in [0.15, 0.2) is 12.1 Å². The average Bonchev–Trinajstić information content (AvgIpc) is 2.27.